The van der Waals surface area contributed by atoms with Gasteiger partial charge in [-0.1, -0.05) is 44.2 Å². The predicted octanol–water partition coefficient (Wildman–Crippen LogP) is 5.10. The van der Waals surface area contributed by atoms with Gasteiger partial charge >= 0.3 is 5.63 Å². The summed E-state index contributed by atoms with van der Waals surface area (Å²) in [4.78, 5) is 16.6. The van der Waals surface area contributed by atoms with Crippen molar-refractivity contribution >= 4 is 32.5 Å². The van der Waals surface area contributed by atoms with Crippen LogP contribution in [0.2, 0.25) is 0 Å². The van der Waals surface area contributed by atoms with Crippen LogP contribution in [-0.2, 0) is 0 Å². The van der Waals surface area contributed by atoms with E-state index in [9.17, 15) is 4.79 Å². The number of benzene rings is 2. The average molecular weight is 309 g/mol. The lowest BCUT2D eigenvalue weighted by molar-refractivity contribution is 0.563. The van der Waals surface area contributed by atoms with Crippen LogP contribution in [0.25, 0.3) is 31.8 Å². The monoisotopic (exact) mass is 309 g/mol. The van der Waals surface area contributed by atoms with Crippen molar-refractivity contribution in [3.63, 3.8) is 0 Å². The van der Waals surface area contributed by atoms with E-state index in [4.69, 9.17) is 4.42 Å². The van der Waals surface area contributed by atoms with Gasteiger partial charge in [-0.2, -0.15) is 0 Å². The summed E-state index contributed by atoms with van der Waals surface area (Å²) < 4.78 is 6.42. The third-order valence-electron chi connectivity index (χ3n) is 3.17. The largest absolute Gasteiger partial charge is 0.422 e. The Labute approximate surface area is 131 Å². The van der Waals surface area contributed by atoms with Crippen molar-refractivity contribution in [3.05, 3.63) is 65.0 Å². The molecule has 0 N–H and O–H groups in total. The van der Waals surface area contributed by atoms with Crippen LogP contribution < -0.4 is 5.63 Å². The highest BCUT2D eigenvalue weighted by molar-refractivity contribution is 7.21. The molecule has 0 aliphatic carbocycles. The first-order chi connectivity index (χ1) is 10.8. The number of rotatable bonds is 1. The van der Waals surface area contributed by atoms with Crippen LogP contribution in [0.5, 0.6) is 0 Å². The first-order valence-corrected chi connectivity index (χ1v) is 8.02. The summed E-state index contributed by atoms with van der Waals surface area (Å²) in [6.07, 6.45) is 0. The molecular formula is C18H15NO2S. The molecule has 0 radical (unpaired) electrons. The number of fused-ring (bicyclic) bond motifs is 2. The summed E-state index contributed by atoms with van der Waals surface area (Å²) >= 11 is 1.50. The van der Waals surface area contributed by atoms with Crippen molar-refractivity contribution in [2.45, 2.75) is 13.8 Å². The van der Waals surface area contributed by atoms with E-state index in [2.05, 4.69) is 4.98 Å². The van der Waals surface area contributed by atoms with Crippen molar-refractivity contribution < 1.29 is 4.42 Å². The highest BCUT2D eigenvalue weighted by atomic mass is 32.1. The highest BCUT2D eigenvalue weighted by Crippen LogP contribution is 2.29. The Bertz CT molecular complexity index is 952. The number of nitrogens with zero attached hydrogens (tertiary/aromatic N) is 1. The maximum atomic E-state index is 12.1. The molecule has 0 unspecified atom stereocenters. The van der Waals surface area contributed by atoms with Crippen LogP contribution in [0.15, 0.2) is 63.8 Å². The van der Waals surface area contributed by atoms with Crippen molar-refractivity contribution in [1.82, 2.24) is 4.98 Å². The smallest absolute Gasteiger partial charge is 0.346 e. The second kappa shape index (κ2) is 6.12. The molecule has 22 heavy (non-hydrogen) atoms. The van der Waals surface area contributed by atoms with E-state index < -0.39 is 0 Å². The molecule has 0 spiro atoms. The maximum Gasteiger partial charge on any atom is 0.346 e. The molecule has 0 fully saturated rings. The molecular weight excluding hydrogens is 294 g/mol. The van der Waals surface area contributed by atoms with E-state index in [1.807, 2.05) is 62.4 Å². The van der Waals surface area contributed by atoms with E-state index >= 15 is 0 Å². The fourth-order valence-corrected chi connectivity index (χ4v) is 3.17. The molecule has 0 aliphatic rings. The summed E-state index contributed by atoms with van der Waals surface area (Å²) in [5.41, 5.74) is 1.68. The Morgan fingerprint density at radius 3 is 2.55 bits per heavy atom. The summed E-state index contributed by atoms with van der Waals surface area (Å²) in [7, 11) is 0. The number of aromatic nitrogens is 1. The van der Waals surface area contributed by atoms with Gasteiger partial charge in [-0.3, -0.25) is 0 Å². The van der Waals surface area contributed by atoms with Gasteiger partial charge in [0.15, 0.2) is 0 Å². The van der Waals surface area contributed by atoms with Crippen LogP contribution in [0.4, 0.5) is 0 Å². The lowest BCUT2D eigenvalue weighted by atomic mass is 10.2. The standard InChI is InChI=1S/C16H9NO2S.C2H6/c18-16-11(9-10-5-1-3-7-13(10)19-16)15-17-12-6-2-4-8-14(12)20-15;1-2/h1-9H;1-2H3. The van der Waals surface area contributed by atoms with Crippen LogP contribution in [-0.4, -0.2) is 4.98 Å². The second-order valence-corrected chi connectivity index (χ2v) is 5.50. The average Bonchev–Trinajstić information content (AvgIpc) is 3.00. The van der Waals surface area contributed by atoms with Crippen molar-refractivity contribution in [2.24, 2.45) is 0 Å². The van der Waals surface area contributed by atoms with E-state index in [1.165, 1.54) is 11.3 Å². The Morgan fingerprint density at radius 1 is 1.00 bits per heavy atom. The second-order valence-electron chi connectivity index (χ2n) is 4.47. The molecule has 0 saturated heterocycles. The van der Waals surface area contributed by atoms with Gasteiger partial charge in [0.1, 0.15) is 10.6 Å². The van der Waals surface area contributed by atoms with Crippen LogP contribution in [0.1, 0.15) is 13.8 Å². The van der Waals surface area contributed by atoms with Crippen molar-refractivity contribution in [3.8, 4) is 10.6 Å². The van der Waals surface area contributed by atoms with Gasteiger partial charge in [-0.05, 0) is 24.3 Å². The van der Waals surface area contributed by atoms with Crippen LogP contribution in [0.3, 0.4) is 0 Å². The maximum absolute atomic E-state index is 12.1. The number of hydrogen-bond acceptors (Lipinski definition) is 4. The minimum Gasteiger partial charge on any atom is -0.422 e. The van der Waals surface area contributed by atoms with E-state index in [0.29, 0.717) is 16.2 Å². The fraction of sp³-hybridized carbons (Fsp3) is 0.111. The highest BCUT2D eigenvalue weighted by Gasteiger charge is 2.12. The van der Waals surface area contributed by atoms with Crippen molar-refractivity contribution in [2.75, 3.05) is 0 Å². The zero-order chi connectivity index (χ0) is 15.5. The summed E-state index contributed by atoms with van der Waals surface area (Å²) in [5, 5.41) is 1.60. The molecule has 4 heteroatoms. The molecule has 3 nitrogen and oxygen atoms in total. The van der Waals surface area contributed by atoms with Gasteiger partial charge in [-0.15, -0.1) is 11.3 Å². The molecule has 0 aliphatic heterocycles. The normalized spacial score (nSPS) is 10.5. The molecule has 2 aromatic carbocycles. The third-order valence-corrected chi connectivity index (χ3v) is 4.24. The molecule has 2 aromatic heterocycles. The molecule has 4 aromatic rings. The molecule has 0 amide bonds. The van der Waals surface area contributed by atoms with Gasteiger partial charge < -0.3 is 4.42 Å². The molecule has 4 rings (SSSR count). The van der Waals surface area contributed by atoms with E-state index in [0.717, 1.165) is 15.6 Å². The molecule has 0 bridgehead atoms. The number of para-hydroxylation sites is 2. The Balaban J connectivity index is 0.000000693. The van der Waals surface area contributed by atoms with E-state index in [-0.39, 0.29) is 5.63 Å². The first-order valence-electron chi connectivity index (χ1n) is 7.20. The third kappa shape index (κ3) is 2.53. The predicted molar refractivity (Wildman–Crippen MR) is 92.4 cm³/mol. The SMILES string of the molecule is CC.O=c1oc2ccccc2cc1-c1nc2ccccc2s1. The minimum absolute atomic E-state index is 0.345. The fourth-order valence-electron chi connectivity index (χ4n) is 2.20. The summed E-state index contributed by atoms with van der Waals surface area (Å²) in [6, 6.07) is 17.2. The number of thiazole rings is 1. The zero-order valence-electron chi connectivity index (χ0n) is 12.4. The van der Waals surface area contributed by atoms with Gasteiger partial charge in [-0.25, -0.2) is 9.78 Å². The lowest BCUT2D eigenvalue weighted by Gasteiger charge is -1.98. The Kier molecular flexibility index (Phi) is 4.02. The lowest BCUT2D eigenvalue weighted by Crippen LogP contribution is -2.02. The Morgan fingerprint density at radius 2 is 1.73 bits per heavy atom. The molecule has 0 atom stereocenters. The van der Waals surface area contributed by atoms with Crippen molar-refractivity contribution in [1.29, 1.82) is 0 Å². The van der Waals surface area contributed by atoms with Gasteiger partial charge in [0.2, 0.25) is 0 Å². The van der Waals surface area contributed by atoms with Crippen LogP contribution in [0, 0.1) is 0 Å². The zero-order valence-corrected chi connectivity index (χ0v) is 13.2. The topological polar surface area (TPSA) is 43.1 Å². The van der Waals surface area contributed by atoms with Gasteiger partial charge in [0.05, 0.1) is 15.8 Å². The molecule has 2 heterocycles. The first kappa shape index (κ1) is 14.5. The van der Waals surface area contributed by atoms with Gasteiger partial charge in [0.25, 0.3) is 0 Å². The Hall–Kier alpha value is -2.46. The van der Waals surface area contributed by atoms with Crippen LogP contribution >= 0.6 is 11.3 Å². The van der Waals surface area contributed by atoms with Gasteiger partial charge in [0, 0.05) is 5.39 Å². The molecule has 110 valence electrons. The summed E-state index contributed by atoms with van der Waals surface area (Å²) in [5.74, 6) is 0. The quantitative estimate of drug-likeness (QED) is 0.460. The summed E-state index contributed by atoms with van der Waals surface area (Å²) in [6.45, 7) is 4.00. The minimum atomic E-state index is -0.345. The number of hydrogen-bond donors (Lipinski definition) is 0. The van der Waals surface area contributed by atoms with E-state index in [1.54, 1.807) is 6.07 Å². The molecule has 0 saturated carbocycles.